The van der Waals surface area contributed by atoms with E-state index in [0.717, 1.165) is 24.9 Å². The highest BCUT2D eigenvalue weighted by Crippen LogP contribution is 2.10. The van der Waals surface area contributed by atoms with E-state index in [2.05, 4.69) is 10.6 Å². The number of benzene rings is 1. The summed E-state index contributed by atoms with van der Waals surface area (Å²) in [5, 5.41) is 6.13. The van der Waals surface area contributed by atoms with Gasteiger partial charge in [-0.25, -0.2) is 4.39 Å². The Morgan fingerprint density at radius 3 is 3.06 bits per heavy atom. The van der Waals surface area contributed by atoms with Gasteiger partial charge in [0, 0.05) is 12.6 Å². The van der Waals surface area contributed by atoms with Crippen LogP contribution in [0, 0.1) is 12.7 Å². The molecule has 0 aromatic heterocycles. The van der Waals surface area contributed by atoms with Crippen LogP contribution in [-0.2, 0) is 0 Å². The second-order valence-corrected chi connectivity index (χ2v) is 4.82. The number of nitrogens with one attached hydrogen (secondary N) is 2. The Balaban J connectivity index is 1.83. The van der Waals surface area contributed by atoms with E-state index in [1.165, 1.54) is 18.6 Å². The van der Waals surface area contributed by atoms with Crippen molar-refractivity contribution >= 4 is 5.91 Å². The van der Waals surface area contributed by atoms with Crippen LogP contribution < -0.4 is 10.6 Å². The largest absolute Gasteiger partial charge is 0.352 e. The van der Waals surface area contributed by atoms with Crippen LogP contribution in [0.2, 0.25) is 0 Å². The predicted octanol–water partition coefficient (Wildman–Crippen LogP) is 2.01. The number of hydrogen-bond acceptors (Lipinski definition) is 2. The SMILES string of the molecule is Cc1ccc(C(=O)NCC[C@H]2CCCN2)c(F)c1. The molecule has 1 aliphatic rings. The van der Waals surface area contributed by atoms with Crippen molar-refractivity contribution in [1.82, 2.24) is 10.6 Å². The van der Waals surface area contributed by atoms with E-state index in [4.69, 9.17) is 0 Å². The lowest BCUT2D eigenvalue weighted by Crippen LogP contribution is -2.31. The van der Waals surface area contributed by atoms with Gasteiger partial charge < -0.3 is 10.6 Å². The zero-order valence-electron chi connectivity index (χ0n) is 10.6. The number of carbonyl (C=O) groups is 1. The number of rotatable bonds is 4. The van der Waals surface area contributed by atoms with Gasteiger partial charge in [0.15, 0.2) is 0 Å². The van der Waals surface area contributed by atoms with Crippen molar-refractivity contribution in [3.05, 3.63) is 35.1 Å². The summed E-state index contributed by atoms with van der Waals surface area (Å²) in [4.78, 5) is 11.8. The van der Waals surface area contributed by atoms with E-state index in [9.17, 15) is 9.18 Å². The van der Waals surface area contributed by atoms with Crippen molar-refractivity contribution in [3.8, 4) is 0 Å². The molecule has 2 rings (SSSR count). The molecule has 4 heteroatoms. The van der Waals surface area contributed by atoms with Crippen molar-refractivity contribution < 1.29 is 9.18 Å². The number of carbonyl (C=O) groups excluding carboxylic acids is 1. The molecule has 0 aliphatic carbocycles. The maximum Gasteiger partial charge on any atom is 0.254 e. The van der Waals surface area contributed by atoms with Gasteiger partial charge in [-0.1, -0.05) is 6.07 Å². The van der Waals surface area contributed by atoms with Crippen LogP contribution in [-0.4, -0.2) is 25.0 Å². The summed E-state index contributed by atoms with van der Waals surface area (Å²) in [7, 11) is 0. The average Bonchev–Trinajstić information content (AvgIpc) is 2.81. The van der Waals surface area contributed by atoms with Crippen molar-refractivity contribution in [2.75, 3.05) is 13.1 Å². The first-order valence-electron chi connectivity index (χ1n) is 6.44. The van der Waals surface area contributed by atoms with E-state index in [1.807, 2.05) is 0 Å². The van der Waals surface area contributed by atoms with Crippen molar-refractivity contribution in [2.45, 2.75) is 32.2 Å². The van der Waals surface area contributed by atoms with Gasteiger partial charge in [0.2, 0.25) is 0 Å². The van der Waals surface area contributed by atoms with E-state index >= 15 is 0 Å². The molecule has 1 aromatic rings. The van der Waals surface area contributed by atoms with Gasteiger partial charge in [0.05, 0.1) is 5.56 Å². The first-order chi connectivity index (χ1) is 8.66. The quantitative estimate of drug-likeness (QED) is 0.858. The molecule has 0 radical (unpaired) electrons. The van der Waals surface area contributed by atoms with Crippen LogP contribution >= 0.6 is 0 Å². The van der Waals surface area contributed by atoms with Gasteiger partial charge in [-0.15, -0.1) is 0 Å². The minimum atomic E-state index is -0.452. The zero-order chi connectivity index (χ0) is 13.0. The molecule has 0 spiro atoms. The second-order valence-electron chi connectivity index (χ2n) is 4.82. The number of hydrogen-bond donors (Lipinski definition) is 2. The molecule has 1 aromatic carbocycles. The Morgan fingerprint density at radius 2 is 2.39 bits per heavy atom. The third kappa shape index (κ3) is 3.29. The fourth-order valence-electron chi connectivity index (χ4n) is 2.26. The van der Waals surface area contributed by atoms with Crippen LogP contribution in [0.1, 0.15) is 35.2 Å². The highest BCUT2D eigenvalue weighted by Gasteiger charge is 2.15. The molecule has 1 fully saturated rings. The number of amides is 1. The minimum absolute atomic E-state index is 0.125. The third-order valence-corrected chi connectivity index (χ3v) is 3.31. The molecule has 1 atom stereocenters. The van der Waals surface area contributed by atoms with E-state index in [-0.39, 0.29) is 11.5 Å². The van der Waals surface area contributed by atoms with Crippen LogP contribution in [0.4, 0.5) is 4.39 Å². The van der Waals surface area contributed by atoms with Gasteiger partial charge in [-0.3, -0.25) is 4.79 Å². The molecule has 1 amide bonds. The predicted molar refractivity (Wildman–Crippen MR) is 69.1 cm³/mol. The van der Waals surface area contributed by atoms with Gasteiger partial charge >= 0.3 is 0 Å². The Kier molecular flexibility index (Phi) is 4.31. The van der Waals surface area contributed by atoms with E-state index in [1.54, 1.807) is 13.0 Å². The smallest absolute Gasteiger partial charge is 0.254 e. The van der Waals surface area contributed by atoms with Crippen molar-refractivity contribution in [3.63, 3.8) is 0 Å². The summed E-state index contributed by atoms with van der Waals surface area (Å²) >= 11 is 0. The highest BCUT2D eigenvalue weighted by atomic mass is 19.1. The first-order valence-corrected chi connectivity index (χ1v) is 6.44. The fourth-order valence-corrected chi connectivity index (χ4v) is 2.26. The molecule has 2 N–H and O–H groups in total. The molecule has 18 heavy (non-hydrogen) atoms. The number of aryl methyl sites for hydroxylation is 1. The summed E-state index contributed by atoms with van der Waals surface area (Å²) in [6, 6.07) is 5.16. The molecule has 1 aliphatic heterocycles. The molecule has 0 saturated carbocycles. The lowest BCUT2D eigenvalue weighted by Gasteiger charge is -2.11. The van der Waals surface area contributed by atoms with Gasteiger partial charge in [0.25, 0.3) is 5.91 Å². The summed E-state index contributed by atoms with van der Waals surface area (Å²) in [5.41, 5.74) is 0.944. The lowest BCUT2D eigenvalue weighted by molar-refractivity contribution is 0.0948. The Hall–Kier alpha value is -1.42. The van der Waals surface area contributed by atoms with Crippen LogP contribution in [0.5, 0.6) is 0 Å². The molecule has 0 unspecified atom stereocenters. The zero-order valence-corrected chi connectivity index (χ0v) is 10.6. The maximum absolute atomic E-state index is 13.6. The summed E-state index contributed by atoms with van der Waals surface area (Å²) < 4.78 is 13.6. The fraction of sp³-hybridized carbons (Fsp3) is 0.500. The monoisotopic (exact) mass is 250 g/mol. The molecular weight excluding hydrogens is 231 g/mol. The van der Waals surface area contributed by atoms with Gasteiger partial charge in [0.1, 0.15) is 5.82 Å². The van der Waals surface area contributed by atoms with Crippen molar-refractivity contribution in [2.24, 2.45) is 0 Å². The maximum atomic E-state index is 13.6. The lowest BCUT2D eigenvalue weighted by atomic mass is 10.1. The molecule has 1 heterocycles. The molecule has 98 valence electrons. The van der Waals surface area contributed by atoms with Gasteiger partial charge in [-0.05, 0) is 50.4 Å². The Bertz CT molecular complexity index is 428. The summed E-state index contributed by atoms with van der Waals surface area (Å²) in [5.74, 6) is -0.781. The summed E-state index contributed by atoms with van der Waals surface area (Å²) in [6.45, 7) is 3.45. The summed E-state index contributed by atoms with van der Waals surface area (Å²) in [6.07, 6.45) is 3.26. The van der Waals surface area contributed by atoms with Crippen molar-refractivity contribution in [1.29, 1.82) is 0 Å². The first kappa shape index (κ1) is 13.0. The normalized spacial score (nSPS) is 18.9. The van der Waals surface area contributed by atoms with Crippen LogP contribution in [0.15, 0.2) is 18.2 Å². The topological polar surface area (TPSA) is 41.1 Å². The molecule has 3 nitrogen and oxygen atoms in total. The Morgan fingerprint density at radius 1 is 1.56 bits per heavy atom. The minimum Gasteiger partial charge on any atom is -0.352 e. The van der Waals surface area contributed by atoms with Crippen LogP contribution in [0.3, 0.4) is 0 Å². The van der Waals surface area contributed by atoms with E-state index in [0.29, 0.717) is 12.6 Å². The van der Waals surface area contributed by atoms with Crippen LogP contribution in [0.25, 0.3) is 0 Å². The molecule has 1 saturated heterocycles. The standard InChI is InChI=1S/C14H19FN2O/c1-10-4-5-12(13(15)9-10)14(18)17-8-6-11-3-2-7-16-11/h4-5,9,11,16H,2-3,6-8H2,1H3,(H,17,18)/t11-/m1/s1. The Labute approximate surface area is 107 Å². The molecule has 0 bridgehead atoms. The van der Waals surface area contributed by atoms with Gasteiger partial charge in [-0.2, -0.15) is 0 Å². The third-order valence-electron chi connectivity index (χ3n) is 3.31. The second kappa shape index (κ2) is 5.96. The average molecular weight is 250 g/mol. The van der Waals surface area contributed by atoms with E-state index < -0.39 is 5.82 Å². The molecular formula is C14H19FN2O. The number of halogens is 1. The highest BCUT2D eigenvalue weighted by molar-refractivity contribution is 5.94.